The summed E-state index contributed by atoms with van der Waals surface area (Å²) >= 11 is 0. The van der Waals surface area contributed by atoms with Crippen LogP contribution < -0.4 is 20.1 Å². The normalized spacial score (nSPS) is 21.5. The molecule has 0 saturated carbocycles. The number of hydrogen-bond acceptors (Lipinski definition) is 5. The number of nitrogens with one attached hydrogen (secondary N) is 3. The van der Waals surface area contributed by atoms with E-state index in [1.165, 1.54) is 18.2 Å². The highest BCUT2D eigenvalue weighted by Gasteiger charge is 2.28. The third-order valence-electron chi connectivity index (χ3n) is 3.73. The number of carbonyl (C=O) groups excluding carboxylic acids is 2. The monoisotopic (exact) mass is 339 g/mol. The fraction of sp³-hybridized carbons (Fsp3) is 0.429. The Morgan fingerprint density at radius 2 is 2.04 bits per heavy atom. The number of rotatable bonds is 3. The Bertz CT molecular complexity index is 747. The Kier molecular flexibility index (Phi) is 4.22. The molecule has 1 fully saturated rings. The Hall–Kier alpha value is -2.13. The van der Waals surface area contributed by atoms with Crippen molar-refractivity contribution in [2.75, 3.05) is 18.5 Å². The molecule has 124 valence electrons. The molecule has 1 atom stereocenters. The minimum atomic E-state index is -3.88. The van der Waals surface area contributed by atoms with Crippen molar-refractivity contribution in [2.24, 2.45) is 0 Å². The maximum atomic E-state index is 12.5. The van der Waals surface area contributed by atoms with Gasteiger partial charge in [-0.3, -0.25) is 9.59 Å². The summed E-state index contributed by atoms with van der Waals surface area (Å²) in [5, 5.41) is 5.24. The summed E-state index contributed by atoms with van der Waals surface area (Å²) in [6.45, 7) is 0.457. The fourth-order valence-electron chi connectivity index (χ4n) is 2.54. The molecule has 0 spiro atoms. The van der Waals surface area contributed by atoms with Crippen molar-refractivity contribution >= 4 is 27.5 Å². The summed E-state index contributed by atoms with van der Waals surface area (Å²) < 4.78 is 32.6. The van der Waals surface area contributed by atoms with Crippen LogP contribution in [0.1, 0.15) is 19.3 Å². The molecule has 23 heavy (non-hydrogen) atoms. The van der Waals surface area contributed by atoms with Gasteiger partial charge in [0.15, 0.2) is 6.61 Å². The Morgan fingerprint density at radius 3 is 2.87 bits per heavy atom. The molecule has 1 saturated heterocycles. The van der Waals surface area contributed by atoms with Crippen LogP contribution in [0, 0.1) is 0 Å². The zero-order valence-electron chi connectivity index (χ0n) is 12.3. The Balaban J connectivity index is 1.83. The van der Waals surface area contributed by atoms with E-state index in [0.717, 1.165) is 12.8 Å². The van der Waals surface area contributed by atoms with Crippen LogP contribution in [0.5, 0.6) is 5.75 Å². The highest BCUT2D eigenvalue weighted by Crippen LogP contribution is 2.30. The summed E-state index contributed by atoms with van der Waals surface area (Å²) in [5.74, 6) is -0.250. The second-order valence-corrected chi connectivity index (χ2v) is 7.17. The van der Waals surface area contributed by atoms with Gasteiger partial charge in [-0.05, 0) is 37.5 Å². The maximum absolute atomic E-state index is 12.5. The quantitative estimate of drug-likeness (QED) is 0.715. The predicted molar refractivity (Wildman–Crippen MR) is 81.5 cm³/mol. The van der Waals surface area contributed by atoms with Gasteiger partial charge >= 0.3 is 0 Å². The molecule has 2 aliphatic rings. The third-order valence-corrected chi connectivity index (χ3v) is 5.20. The highest BCUT2D eigenvalue weighted by atomic mass is 32.2. The molecular formula is C14H17N3O5S. The molecule has 2 heterocycles. The summed E-state index contributed by atoms with van der Waals surface area (Å²) in [6.07, 6.45) is 2.04. The van der Waals surface area contributed by atoms with E-state index < -0.39 is 16.1 Å². The van der Waals surface area contributed by atoms with Crippen molar-refractivity contribution < 1.29 is 22.7 Å². The molecule has 1 aromatic rings. The number of amides is 2. The van der Waals surface area contributed by atoms with Crippen molar-refractivity contribution in [2.45, 2.75) is 30.2 Å². The van der Waals surface area contributed by atoms with Crippen molar-refractivity contribution in [3.63, 3.8) is 0 Å². The maximum Gasteiger partial charge on any atom is 0.262 e. The topological polar surface area (TPSA) is 114 Å². The van der Waals surface area contributed by atoms with Gasteiger partial charge in [0.2, 0.25) is 15.9 Å². The molecule has 2 aliphatic heterocycles. The van der Waals surface area contributed by atoms with Gasteiger partial charge in [-0.2, -0.15) is 4.72 Å². The molecule has 1 unspecified atom stereocenters. The molecule has 1 aromatic carbocycles. The van der Waals surface area contributed by atoms with Crippen molar-refractivity contribution in [1.29, 1.82) is 0 Å². The van der Waals surface area contributed by atoms with Crippen LogP contribution in [0.2, 0.25) is 0 Å². The number of sulfonamides is 1. The fourth-order valence-corrected chi connectivity index (χ4v) is 3.79. The average molecular weight is 339 g/mol. The molecule has 0 aromatic heterocycles. The Labute approximate surface area is 133 Å². The minimum absolute atomic E-state index is 0.0286. The average Bonchev–Trinajstić information content (AvgIpc) is 2.71. The van der Waals surface area contributed by atoms with Crippen molar-refractivity contribution in [3.8, 4) is 5.75 Å². The largest absolute Gasteiger partial charge is 0.482 e. The molecular weight excluding hydrogens is 322 g/mol. The Morgan fingerprint density at radius 1 is 1.22 bits per heavy atom. The predicted octanol–water partition coefficient (Wildman–Crippen LogP) is -0.0355. The summed E-state index contributed by atoms with van der Waals surface area (Å²) in [4.78, 5) is 23.2. The van der Waals surface area contributed by atoms with Crippen LogP contribution in [-0.4, -0.2) is 39.4 Å². The van der Waals surface area contributed by atoms with E-state index in [2.05, 4.69) is 15.4 Å². The van der Waals surface area contributed by atoms with Gasteiger partial charge in [0.1, 0.15) is 11.8 Å². The number of anilines is 1. The second-order valence-electron chi connectivity index (χ2n) is 5.46. The molecule has 0 aliphatic carbocycles. The highest BCUT2D eigenvalue weighted by molar-refractivity contribution is 7.89. The summed E-state index contributed by atoms with van der Waals surface area (Å²) in [5.41, 5.74) is 0.300. The van der Waals surface area contributed by atoms with Gasteiger partial charge in [0, 0.05) is 6.54 Å². The summed E-state index contributed by atoms with van der Waals surface area (Å²) in [7, 11) is -3.88. The van der Waals surface area contributed by atoms with E-state index in [9.17, 15) is 18.0 Å². The second kappa shape index (κ2) is 6.17. The number of fused-ring (bicyclic) bond motifs is 1. The number of carbonyl (C=O) groups is 2. The first-order valence-corrected chi connectivity index (χ1v) is 8.81. The van der Waals surface area contributed by atoms with E-state index in [-0.39, 0.29) is 23.3 Å². The van der Waals surface area contributed by atoms with Gasteiger partial charge in [-0.15, -0.1) is 0 Å². The number of ether oxygens (including phenoxy) is 1. The summed E-state index contributed by atoms with van der Waals surface area (Å²) in [6, 6.07) is 3.40. The van der Waals surface area contributed by atoms with E-state index in [4.69, 9.17) is 4.74 Å². The van der Waals surface area contributed by atoms with Crippen LogP contribution in [0.3, 0.4) is 0 Å². The lowest BCUT2D eigenvalue weighted by atomic mass is 10.1. The molecule has 3 rings (SSSR count). The zero-order valence-corrected chi connectivity index (χ0v) is 13.1. The first-order chi connectivity index (χ1) is 11.0. The van der Waals surface area contributed by atoms with Crippen LogP contribution >= 0.6 is 0 Å². The third kappa shape index (κ3) is 3.45. The van der Waals surface area contributed by atoms with Crippen molar-refractivity contribution in [1.82, 2.24) is 10.0 Å². The zero-order chi connectivity index (χ0) is 16.4. The lowest BCUT2D eigenvalue weighted by Crippen LogP contribution is -2.45. The molecule has 2 amide bonds. The molecule has 9 heteroatoms. The molecule has 8 nitrogen and oxygen atoms in total. The molecule has 3 N–H and O–H groups in total. The minimum Gasteiger partial charge on any atom is -0.482 e. The number of hydrogen-bond donors (Lipinski definition) is 3. The first-order valence-electron chi connectivity index (χ1n) is 7.32. The van der Waals surface area contributed by atoms with E-state index in [1.807, 2.05) is 0 Å². The first kappa shape index (κ1) is 15.8. The van der Waals surface area contributed by atoms with Gasteiger partial charge < -0.3 is 15.4 Å². The van der Waals surface area contributed by atoms with Crippen LogP contribution in [0.15, 0.2) is 23.1 Å². The number of benzene rings is 1. The van der Waals surface area contributed by atoms with Crippen LogP contribution in [0.25, 0.3) is 0 Å². The van der Waals surface area contributed by atoms with Crippen molar-refractivity contribution in [3.05, 3.63) is 18.2 Å². The smallest absolute Gasteiger partial charge is 0.262 e. The van der Waals surface area contributed by atoms with E-state index in [1.54, 1.807) is 0 Å². The molecule has 0 bridgehead atoms. The van der Waals surface area contributed by atoms with Gasteiger partial charge in [-0.1, -0.05) is 0 Å². The van der Waals surface area contributed by atoms with Crippen LogP contribution in [0.4, 0.5) is 5.69 Å². The van der Waals surface area contributed by atoms with Gasteiger partial charge in [-0.25, -0.2) is 8.42 Å². The lowest BCUT2D eigenvalue weighted by molar-refractivity contribution is -0.122. The molecule has 0 radical (unpaired) electrons. The van der Waals surface area contributed by atoms with Gasteiger partial charge in [0.25, 0.3) is 5.91 Å². The van der Waals surface area contributed by atoms with E-state index >= 15 is 0 Å². The van der Waals surface area contributed by atoms with Crippen LogP contribution in [-0.2, 0) is 19.6 Å². The SMILES string of the molecule is O=C1COc2ccc(S(=O)(=O)NC3CCCCNC3=O)cc2N1. The standard InChI is InChI=1S/C14H17N3O5S/c18-13-8-22-12-5-4-9(7-11(12)16-13)23(20,21)17-10-3-1-2-6-15-14(10)19/h4-5,7,10,17H,1-3,6,8H2,(H,15,19)(H,16,18). The van der Waals surface area contributed by atoms with Gasteiger partial charge in [0.05, 0.1) is 10.6 Å². The lowest BCUT2D eigenvalue weighted by Gasteiger charge is -2.19. The van der Waals surface area contributed by atoms with E-state index in [0.29, 0.717) is 24.4 Å².